The SMILES string of the molecule is O=C(Cc1nc2ccccc2o1)c1cc(Cl)ccc1Cl. The van der Waals surface area contributed by atoms with Crippen molar-refractivity contribution >= 4 is 40.1 Å². The number of nitrogens with zero attached hydrogens (tertiary/aromatic N) is 1. The molecule has 100 valence electrons. The highest BCUT2D eigenvalue weighted by molar-refractivity contribution is 6.35. The van der Waals surface area contributed by atoms with E-state index in [0.29, 0.717) is 27.1 Å². The van der Waals surface area contributed by atoms with Crippen molar-refractivity contribution < 1.29 is 9.21 Å². The molecule has 0 amide bonds. The minimum atomic E-state index is -0.177. The zero-order chi connectivity index (χ0) is 14.1. The average Bonchev–Trinajstić information content (AvgIpc) is 2.83. The Bertz CT molecular complexity index is 762. The van der Waals surface area contributed by atoms with Crippen LogP contribution in [0.5, 0.6) is 0 Å². The molecular weight excluding hydrogens is 297 g/mol. The second kappa shape index (κ2) is 5.27. The Balaban J connectivity index is 1.90. The molecule has 20 heavy (non-hydrogen) atoms. The summed E-state index contributed by atoms with van der Waals surface area (Å²) in [4.78, 5) is 16.5. The van der Waals surface area contributed by atoms with E-state index < -0.39 is 0 Å². The molecule has 2 aromatic carbocycles. The Kier molecular flexibility index (Phi) is 3.47. The Hall–Kier alpha value is -1.84. The molecule has 3 aromatic rings. The molecule has 3 rings (SSSR count). The first kappa shape index (κ1) is 13.2. The van der Waals surface area contributed by atoms with Gasteiger partial charge in [0.1, 0.15) is 5.52 Å². The van der Waals surface area contributed by atoms with E-state index >= 15 is 0 Å². The molecule has 5 heteroatoms. The highest BCUT2D eigenvalue weighted by atomic mass is 35.5. The van der Waals surface area contributed by atoms with Gasteiger partial charge in [-0.05, 0) is 30.3 Å². The number of aromatic nitrogens is 1. The van der Waals surface area contributed by atoms with Gasteiger partial charge >= 0.3 is 0 Å². The smallest absolute Gasteiger partial charge is 0.203 e. The van der Waals surface area contributed by atoms with Crippen molar-refractivity contribution in [1.82, 2.24) is 4.98 Å². The van der Waals surface area contributed by atoms with Gasteiger partial charge in [-0.15, -0.1) is 0 Å². The van der Waals surface area contributed by atoms with Crippen LogP contribution in [0.2, 0.25) is 10.0 Å². The molecule has 0 saturated carbocycles. The van der Waals surface area contributed by atoms with Crippen LogP contribution in [0.1, 0.15) is 16.2 Å². The van der Waals surface area contributed by atoms with Crippen LogP contribution in [0.3, 0.4) is 0 Å². The quantitative estimate of drug-likeness (QED) is 0.666. The standard InChI is InChI=1S/C15H9Cl2NO2/c16-9-5-6-11(17)10(7-9)13(19)8-15-18-12-3-1-2-4-14(12)20-15/h1-7H,8H2. The average molecular weight is 306 g/mol. The summed E-state index contributed by atoms with van der Waals surface area (Å²) >= 11 is 11.9. The summed E-state index contributed by atoms with van der Waals surface area (Å²) in [6.45, 7) is 0. The molecule has 0 radical (unpaired) electrons. The minimum Gasteiger partial charge on any atom is -0.440 e. The monoisotopic (exact) mass is 305 g/mol. The first-order valence-electron chi connectivity index (χ1n) is 5.96. The van der Waals surface area contributed by atoms with Gasteiger partial charge in [-0.3, -0.25) is 4.79 Å². The predicted molar refractivity (Wildman–Crippen MR) is 78.5 cm³/mol. The number of fused-ring (bicyclic) bond motifs is 1. The van der Waals surface area contributed by atoms with Crippen LogP contribution >= 0.6 is 23.2 Å². The second-order valence-electron chi connectivity index (χ2n) is 4.30. The molecule has 1 aromatic heterocycles. The lowest BCUT2D eigenvalue weighted by atomic mass is 10.1. The third-order valence-electron chi connectivity index (χ3n) is 2.88. The number of hydrogen-bond donors (Lipinski definition) is 0. The van der Waals surface area contributed by atoms with Gasteiger partial charge < -0.3 is 4.42 Å². The fourth-order valence-electron chi connectivity index (χ4n) is 1.94. The van der Waals surface area contributed by atoms with Crippen LogP contribution in [0.25, 0.3) is 11.1 Å². The summed E-state index contributed by atoms with van der Waals surface area (Å²) in [5.41, 5.74) is 1.77. The molecule has 0 N–H and O–H groups in total. The predicted octanol–water partition coefficient (Wildman–Crippen LogP) is 4.56. The Morgan fingerprint density at radius 3 is 2.75 bits per heavy atom. The number of para-hydroxylation sites is 2. The van der Waals surface area contributed by atoms with Crippen molar-refractivity contribution in [1.29, 1.82) is 0 Å². The van der Waals surface area contributed by atoms with Crippen LogP contribution in [-0.2, 0) is 6.42 Å². The summed E-state index contributed by atoms with van der Waals surface area (Å²) in [6, 6.07) is 12.2. The summed E-state index contributed by atoms with van der Waals surface area (Å²) < 4.78 is 5.52. The number of halogens is 2. The molecule has 1 heterocycles. The van der Waals surface area contributed by atoms with Gasteiger partial charge in [-0.2, -0.15) is 0 Å². The number of carbonyl (C=O) groups excluding carboxylic acids is 1. The summed E-state index contributed by atoms with van der Waals surface area (Å²) in [5, 5.41) is 0.839. The number of Topliss-reactive ketones (excluding diaryl/α,β-unsaturated/α-hetero) is 1. The van der Waals surface area contributed by atoms with Gasteiger partial charge in [0.15, 0.2) is 11.4 Å². The molecule has 0 saturated heterocycles. The number of oxazole rings is 1. The van der Waals surface area contributed by atoms with Crippen molar-refractivity contribution in [3.8, 4) is 0 Å². The van der Waals surface area contributed by atoms with Gasteiger partial charge in [-0.25, -0.2) is 4.98 Å². The lowest BCUT2D eigenvalue weighted by molar-refractivity contribution is 0.0986. The van der Waals surface area contributed by atoms with E-state index in [9.17, 15) is 4.79 Å². The fraction of sp³-hybridized carbons (Fsp3) is 0.0667. The molecule has 3 nitrogen and oxygen atoms in total. The van der Waals surface area contributed by atoms with E-state index in [1.807, 2.05) is 24.3 Å². The third-order valence-corrected chi connectivity index (χ3v) is 3.44. The second-order valence-corrected chi connectivity index (χ2v) is 5.14. The van der Waals surface area contributed by atoms with Gasteiger partial charge in [-0.1, -0.05) is 35.3 Å². The molecule has 0 aliphatic rings. The number of benzene rings is 2. The topological polar surface area (TPSA) is 43.1 Å². The van der Waals surface area contributed by atoms with Crippen molar-refractivity contribution in [2.75, 3.05) is 0 Å². The van der Waals surface area contributed by atoms with Crippen LogP contribution in [0, 0.1) is 0 Å². The lowest BCUT2D eigenvalue weighted by Gasteiger charge is -2.02. The van der Waals surface area contributed by atoms with Crippen LogP contribution < -0.4 is 0 Å². The fourth-order valence-corrected chi connectivity index (χ4v) is 2.33. The van der Waals surface area contributed by atoms with E-state index in [1.165, 1.54) is 0 Å². The largest absolute Gasteiger partial charge is 0.440 e. The highest BCUT2D eigenvalue weighted by Gasteiger charge is 2.15. The third kappa shape index (κ3) is 2.55. The summed E-state index contributed by atoms with van der Waals surface area (Å²) in [5.74, 6) is 0.191. The molecule has 0 spiro atoms. The number of rotatable bonds is 3. The van der Waals surface area contributed by atoms with Crippen molar-refractivity contribution in [3.63, 3.8) is 0 Å². The molecule has 0 unspecified atom stereocenters. The number of hydrogen-bond acceptors (Lipinski definition) is 3. The lowest BCUT2D eigenvalue weighted by Crippen LogP contribution is -2.04. The molecule has 0 bridgehead atoms. The minimum absolute atomic E-state index is 0.0503. The van der Waals surface area contributed by atoms with E-state index in [1.54, 1.807) is 18.2 Å². The van der Waals surface area contributed by atoms with Gasteiger partial charge in [0.05, 0.1) is 11.4 Å². The normalized spacial score (nSPS) is 10.9. The molecule has 0 aliphatic carbocycles. The number of carbonyl (C=O) groups is 1. The maximum atomic E-state index is 12.2. The summed E-state index contributed by atoms with van der Waals surface area (Å²) in [7, 11) is 0. The first-order valence-corrected chi connectivity index (χ1v) is 6.72. The van der Waals surface area contributed by atoms with Crippen LogP contribution in [0.15, 0.2) is 46.9 Å². The zero-order valence-electron chi connectivity index (χ0n) is 10.3. The van der Waals surface area contributed by atoms with E-state index in [0.717, 1.165) is 5.52 Å². The first-order chi connectivity index (χ1) is 9.63. The molecule has 0 fully saturated rings. The van der Waals surface area contributed by atoms with Gasteiger partial charge in [0.2, 0.25) is 5.89 Å². The molecular formula is C15H9Cl2NO2. The van der Waals surface area contributed by atoms with Crippen molar-refractivity contribution in [2.24, 2.45) is 0 Å². The summed E-state index contributed by atoms with van der Waals surface area (Å²) in [6.07, 6.45) is 0.0503. The van der Waals surface area contributed by atoms with Crippen LogP contribution in [0.4, 0.5) is 0 Å². The molecule has 0 aliphatic heterocycles. The Morgan fingerprint density at radius 2 is 1.95 bits per heavy atom. The van der Waals surface area contributed by atoms with Crippen molar-refractivity contribution in [3.05, 3.63) is 64.0 Å². The van der Waals surface area contributed by atoms with Gasteiger partial charge in [0.25, 0.3) is 0 Å². The maximum absolute atomic E-state index is 12.2. The number of ketones is 1. The Morgan fingerprint density at radius 1 is 1.15 bits per heavy atom. The Labute approximate surface area is 125 Å². The van der Waals surface area contributed by atoms with E-state index in [-0.39, 0.29) is 12.2 Å². The maximum Gasteiger partial charge on any atom is 0.203 e. The van der Waals surface area contributed by atoms with E-state index in [2.05, 4.69) is 4.98 Å². The van der Waals surface area contributed by atoms with Gasteiger partial charge in [0, 0.05) is 10.6 Å². The molecule has 0 atom stereocenters. The zero-order valence-corrected chi connectivity index (χ0v) is 11.8. The van der Waals surface area contributed by atoms with Crippen molar-refractivity contribution in [2.45, 2.75) is 6.42 Å². The van der Waals surface area contributed by atoms with Crippen LogP contribution in [-0.4, -0.2) is 10.8 Å². The highest BCUT2D eigenvalue weighted by Crippen LogP contribution is 2.23. The van der Waals surface area contributed by atoms with E-state index in [4.69, 9.17) is 27.6 Å².